The zero-order valence-corrected chi connectivity index (χ0v) is 12.1. The first-order valence-electron chi connectivity index (χ1n) is 6.61. The lowest BCUT2D eigenvalue weighted by atomic mass is 10.2. The molecule has 0 saturated heterocycles. The van der Waals surface area contributed by atoms with E-state index in [0.717, 1.165) is 6.42 Å². The molecule has 0 fully saturated rings. The third kappa shape index (κ3) is 6.51. The van der Waals surface area contributed by atoms with Crippen molar-refractivity contribution >= 4 is 6.16 Å². The second-order valence-electron chi connectivity index (χ2n) is 4.38. The van der Waals surface area contributed by atoms with Crippen LogP contribution in [0.25, 0.3) is 0 Å². The summed E-state index contributed by atoms with van der Waals surface area (Å²) in [5, 5.41) is 9.26. The molecule has 1 rings (SSSR count). The number of unbranched alkanes of at least 4 members (excludes halogenated alkanes) is 1. The van der Waals surface area contributed by atoms with E-state index in [-0.39, 0.29) is 12.4 Å². The number of carbonyl (C=O) groups excluding carboxylic acids is 1. The summed E-state index contributed by atoms with van der Waals surface area (Å²) in [5.41, 5.74) is 0.656. The minimum Gasteiger partial charge on any atom is -0.508 e. The minimum absolute atomic E-state index is 0.120. The monoisotopic (exact) mass is 292 g/mol. The Morgan fingerprint density at radius 3 is 2.57 bits per heavy atom. The maximum absolute atomic E-state index is 11.5. The summed E-state index contributed by atoms with van der Waals surface area (Å²) in [6.07, 6.45) is 2.17. The highest BCUT2D eigenvalue weighted by Gasteiger charge is 2.08. The number of ether oxygens (including phenoxy) is 3. The van der Waals surface area contributed by atoms with Crippen LogP contribution in [0.3, 0.4) is 0 Å². The van der Waals surface area contributed by atoms with Crippen molar-refractivity contribution < 1.29 is 24.1 Å². The predicted octanol–water partition coefficient (Wildman–Crippen LogP) is 3.71. The molecule has 0 radical (unpaired) electrons. The van der Waals surface area contributed by atoms with Gasteiger partial charge >= 0.3 is 6.16 Å². The fraction of sp³-hybridized carbons (Fsp3) is 0.312. The van der Waals surface area contributed by atoms with E-state index in [0.29, 0.717) is 30.1 Å². The van der Waals surface area contributed by atoms with Crippen molar-refractivity contribution in [2.45, 2.75) is 19.8 Å². The maximum atomic E-state index is 11.5. The van der Waals surface area contributed by atoms with Crippen LogP contribution in [0.4, 0.5) is 4.79 Å². The molecule has 0 unspecified atom stereocenters. The first-order valence-corrected chi connectivity index (χ1v) is 6.61. The molecular formula is C16H20O5. The van der Waals surface area contributed by atoms with Gasteiger partial charge in [-0.15, -0.1) is 0 Å². The van der Waals surface area contributed by atoms with Crippen LogP contribution in [0, 0.1) is 6.92 Å². The van der Waals surface area contributed by atoms with Crippen LogP contribution in [0.1, 0.15) is 18.4 Å². The van der Waals surface area contributed by atoms with Gasteiger partial charge in [0.25, 0.3) is 0 Å². The molecule has 114 valence electrons. The molecule has 1 N–H and O–H groups in total. The molecule has 0 aliphatic rings. The number of phenols is 1. The molecule has 5 heteroatoms. The van der Waals surface area contributed by atoms with Crippen LogP contribution in [0.5, 0.6) is 11.5 Å². The Kier molecular flexibility index (Phi) is 6.87. The van der Waals surface area contributed by atoms with Gasteiger partial charge < -0.3 is 19.3 Å². The molecule has 0 aliphatic carbocycles. The Morgan fingerprint density at radius 1 is 1.29 bits per heavy atom. The van der Waals surface area contributed by atoms with Gasteiger partial charge in [0.2, 0.25) is 0 Å². The quantitative estimate of drug-likeness (QED) is 0.260. The number of rotatable bonds is 8. The Morgan fingerprint density at radius 2 is 1.95 bits per heavy atom. The summed E-state index contributed by atoms with van der Waals surface area (Å²) in [6, 6.07) is 4.46. The van der Waals surface area contributed by atoms with E-state index in [1.54, 1.807) is 6.92 Å². The molecule has 0 aromatic heterocycles. The second kappa shape index (κ2) is 8.68. The Balaban J connectivity index is 2.19. The van der Waals surface area contributed by atoms with E-state index in [9.17, 15) is 9.90 Å². The van der Waals surface area contributed by atoms with Gasteiger partial charge in [-0.25, -0.2) is 4.79 Å². The van der Waals surface area contributed by atoms with Gasteiger partial charge in [-0.05, 0) is 49.6 Å². The Labute approximate surface area is 124 Å². The second-order valence-corrected chi connectivity index (χ2v) is 4.38. The van der Waals surface area contributed by atoms with Gasteiger partial charge in [0, 0.05) is 0 Å². The number of aryl methyl sites for hydroxylation is 1. The fourth-order valence-electron chi connectivity index (χ4n) is 1.49. The van der Waals surface area contributed by atoms with Crippen LogP contribution in [-0.4, -0.2) is 24.5 Å². The number of allylic oxidation sites excluding steroid dienone is 1. The van der Waals surface area contributed by atoms with E-state index < -0.39 is 6.16 Å². The average Bonchev–Trinajstić information content (AvgIpc) is 2.45. The van der Waals surface area contributed by atoms with Crippen LogP contribution in [0.15, 0.2) is 43.2 Å². The molecule has 0 atom stereocenters. The van der Waals surface area contributed by atoms with Crippen molar-refractivity contribution in [3.05, 3.63) is 48.8 Å². The van der Waals surface area contributed by atoms with Crippen LogP contribution in [0.2, 0.25) is 0 Å². The van der Waals surface area contributed by atoms with Gasteiger partial charge in [-0.1, -0.05) is 13.2 Å². The number of aromatic hydroxyl groups is 1. The third-order valence-corrected chi connectivity index (χ3v) is 2.63. The average molecular weight is 292 g/mol. The number of carbonyl (C=O) groups is 1. The summed E-state index contributed by atoms with van der Waals surface area (Å²) in [6.45, 7) is 9.62. The van der Waals surface area contributed by atoms with E-state index in [1.165, 1.54) is 24.3 Å². The molecule has 21 heavy (non-hydrogen) atoms. The molecule has 0 heterocycles. The van der Waals surface area contributed by atoms with Crippen molar-refractivity contribution in [2.24, 2.45) is 0 Å². The zero-order chi connectivity index (χ0) is 15.7. The van der Waals surface area contributed by atoms with Gasteiger partial charge in [0.1, 0.15) is 17.3 Å². The largest absolute Gasteiger partial charge is 0.513 e. The predicted molar refractivity (Wildman–Crippen MR) is 79.3 cm³/mol. The first-order chi connectivity index (χ1) is 10.0. The lowest BCUT2D eigenvalue weighted by molar-refractivity contribution is 0.0945. The van der Waals surface area contributed by atoms with Crippen LogP contribution < -0.4 is 4.74 Å². The normalized spacial score (nSPS) is 9.76. The molecule has 0 spiro atoms. The number of hydrogen-bond donors (Lipinski definition) is 1. The topological polar surface area (TPSA) is 65.0 Å². The fourth-order valence-corrected chi connectivity index (χ4v) is 1.49. The molecule has 0 amide bonds. The van der Waals surface area contributed by atoms with Gasteiger partial charge in [0.15, 0.2) is 0 Å². The molecule has 1 aromatic carbocycles. The molecule has 1 aromatic rings. The Bertz CT molecular complexity index is 507. The third-order valence-electron chi connectivity index (χ3n) is 2.63. The van der Waals surface area contributed by atoms with Crippen molar-refractivity contribution in [1.29, 1.82) is 0 Å². The Hall–Kier alpha value is -2.43. The molecule has 0 aliphatic heterocycles. The lowest BCUT2D eigenvalue weighted by Gasteiger charge is -2.08. The van der Waals surface area contributed by atoms with Crippen molar-refractivity contribution in [3.63, 3.8) is 0 Å². The summed E-state index contributed by atoms with van der Waals surface area (Å²) >= 11 is 0. The van der Waals surface area contributed by atoms with Crippen molar-refractivity contribution in [3.8, 4) is 11.5 Å². The molecular weight excluding hydrogens is 272 g/mol. The SMILES string of the molecule is C=CC(=C)OCCCCOC(=O)Oc1ccc(O)cc1C. The summed E-state index contributed by atoms with van der Waals surface area (Å²) in [5.74, 6) is 1.01. The summed E-state index contributed by atoms with van der Waals surface area (Å²) in [7, 11) is 0. The van der Waals surface area contributed by atoms with Crippen molar-refractivity contribution in [2.75, 3.05) is 13.2 Å². The number of hydrogen-bond acceptors (Lipinski definition) is 5. The van der Waals surface area contributed by atoms with E-state index in [1.807, 2.05) is 0 Å². The highest BCUT2D eigenvalue weighted by molar-refractivity contribution is 5.64. The molecule has 0 saturated carbocycles. The van der Waals surface area contributed by atoms with Crippen LogP contribution >= 0.6 is 0 Å². The van der Waals surface area contributed by atoms with Gasteiger partial charge in [0.05, 0.1) is 13.2 Å². The first kappa shape index (κ1) is 16.6. The number of phenolic OH excluding ortho intramolecular Hbond substituents is 1. The minimum atomic E-state index is -0.764. The van der Waals surface area contributed by atoms with E-state index >= 15 is 0 Å². The van der Waals surface area contributed by atoms with E-state index in [4.69, 9.17) is 14.2 Å². The highest BCUT2D eigenvalue weighted by Crippen LogP contribution is 2.22. The molecule has 0 bridgehead atoms. The summed E-state index contributed by atoms with van der Waals surface area (Å²) in [4.78, 5) is 11.5. The number of benzene rings is 1. The van der Waals surface area contributed by atoms with Gasteiger partial charge in [-0.3, -0.25) is 0 Å². The van der Waals surface area contributed by atoms with Gasteiger partial charge in [-0.2, -0.15) is 0 Å². The molecule has 5 nitrogen and oxygen atoms in total. The van der Waals surface area contributed by atoms with E-state index in [2.05, 4.69) is 13.2 Å². The highest BCUT2D eigenvalue weighted by atomic mass is 16.7. The lowest BCUT2D eigenvalue weighted by Crippen LogP contribution is -2.12. The summed E-state index contributed by atoms with van der Waals surface area (Å²) < 4.78 is 15.2. The van der Waals surface area contributed by atoms with Crippen LogP contribution in [-0.2, 0) is 9.47 Å². The standard InChI is InChI=1S/C16H20O5/c1-4-13(3)19-9-5-6-10-20-16(18)21-15-8-7-14(17)11-12(15)2/h4,7-8,11,17H,1,3,5-6,9-10H2,2H3. The smallest absolute Gasteiger partial charge is 0.508 e. The maximum Gasteiger partial charge on any atom is 0.513 e. The zero-order valence-electron chi connectivity index (χ0n) is 12.1. The van der Waals surface area contributed by atoms with Crippen molar-refractivity contribution in [1.82, 2.24) is 0 Å².